The second-order valence-corrected chi connectivity index (χ2v) is 9.74. The summed E-state index contributed by atoms with van der Waals surface area (Å²) >= 11 is 6.43. The molecule has 0 unspecified atom stereocenters. The number of nitrogens with zero attached hydrogens (tertiary/aromatic N) is 3. The number of alkyl halides is 3. The summed E-state index contributed by atoms with van der Waals surface area (Å²) in [6, 6.07) is 10.1. The zero-order chi connectivity index (χ0) is 26.2. The summed E-state index contributed by atoms with van der Waals surface area (Å²) in [5, 5.41) is 10.3. The van der Waals surface area contributed by atoms with Crippen molar-refractivity contribution in [2.45, 2.75) is 45.5 Å². The molecule has 37 heavy (non-hydrogen) atoms. The van der Waals surface area contributed by atoms with Crippen LogP contribution in [-0.2, 0) is 25.9 Å². The Kier molecular flexibility index (Phi) is 7.00. The largest absolute Gasteiger partial charge is 0.390 e. The van der Waals surface area contributed by atoms with Gasteiger partial charge in [-0.3, -0.25) is 4.90 Å². The van der Waals surface area contributed by atoms with Crippen LogP contribution in [-0.4, -0.2) is 34.1 Å². The first kappa shape index (κ1) is 25.4. The van der Waals surface area contributed by atoms with Gasteiger partial charge in [-0.2, -0.15) is 18.2 Å². The van der Waals surface area contributed by atoms with Gasteiger partial charge in [0.05, 0.1) is 12.6 Å². The molecule has 0 saturated carbocycles. The van der Waals surface area contributed by atoms with Gasteiger partial charge in [-0.1, -0.05) is 43.3 Å². The van der Waals surface area contributed by atoms with Crippen molar-refractivity contribution in [1.29, 1.82) is 0 Å². The molecule has 0 spiro atoms. The van der Waals surface area contributed by atoms with Crippen molar-refractivity contribution < 1.29 is 13.2 Å². The summed E-state index contributed by atoms with van der Waals surface area (Å²) in [5.41, 5.74) is 8.00. The van der Waals surface area contributed by atoms with Crippen LogP contribution in [0.2, 0.25) is 5.02 Å². The van der Waals surface area contributed by atoms with E-state index in [1.165, 1.54) is 0 Å². The number of hydrogen-bond acceptors (Lipinski definition) is 6. The van der Waals surface area contributed by atoms with Crippen LogP contribution in [0.5, 0.6) is 0 Å². The van der Waals surface area contributed by atoms with E-state index in [1.807, 2.05) is 24.0 Å². The molecule has 2 aliphatic rings. The lowest BCUT2D eigenvalue weighted by atomic mass is 9.95. The summed E-state index contributed by atoms with van der Waals surface area (Å²) in [6.45, 7) is 8.00. The van der Waals surface area contributed by atoms with Crippen LogP contribution in [0, 0.1) is 0 Å². The zero-order valence-electron chi connectivity index (χ0n) is 20.5. The molecule has 3 heterocycles. The monoisotopic (exact) mass is 528 g/mol. The molecule has 194 valence electrons. The Morgan fingerprint density at radius 3 is 2.76 bits per heavy atom. The molecule has 0 radical (unpaired) electrons. The van der Waals surface area contributed by atoms with E-state index in [-0.39, 0.29) is 6.54 Å². The number of hydrogen-bond donors (Lipinski definition) is 3. The predicted octanol–water partition coefficient (Wildman–Crippen LogP) is 6.56. The lowest BCUT2D eigenvalue weighted by Crippen LogP contribution is -2.33. The second-order valence-electron chi connectivity index (χ2n) is 9.33. The van der Waals surface area contributed by atoms with Gasteiger partial charge in [0.2, 0.25) is 5.95 Å². The van der Waals surface area contributed by atoms with Crippen molar-refractivity contribution in [3.05, 3.63) is 75.9 Å². The fourth-order valence-electron chi connectivity index (χ4n) is 4.86. The molecule has 0 aliphatic carbocycles. The Balaban J connectivity index is 1.36. The molecule has 5 rings (SSSR count). The quantitative estimate of drug-likeness (QED) is 0.322. The highest BCUT2D eigenvalue weighted by molar-refractivity contribution is 6.33. The van der Waals surface area contributed by atoms with E-state index < -0.39 is 12.6 Å². The molecule has 2 aliphatic heterocycles. The number of aromatic nitrogens is 2. The third-order valence-electron chi connectivity index (χ3n) is 6.80. The number of nitrogens with one attached hydrogen (secondary N) is 3. The smallest absolute Gasteiger partial charge is 0.381 e. The van der Waals surface area contributed by atoms with Crippen LogP contribution in [0.1, 0.15) is 41.2 Å². The number of fused-ring (bicyclic) bond motifs is 2. The first-order chi connectivity index (χ1) is 17.7. The predicted molar refractivity (Wildman–Crippen MR) is 141 cm³/mol. The molecule has 0 bridgehead atoms. The molecule has 1 aromatic heterocycles. The van der Waals surface area contributed by atoms with E-state index in [1.54, 1.807) is 6.20 Å². The molecular weight excluding hydrogens is 501 g/mol. The van der Waals surface area contributed by atoms with Crippen LogP contribution in [0.4, 0.5) is 36.3 Å². The molecule has 0 fully saturated rings. The van der Waals surface area contributed by atoms with E-state index >= 15 is 0 Å². The lowest BCUT2D eigenvalue weighted by Gasteiger charge is -2.30. The Morgan fingerprint density at radius 1 is 1.14 bits per heavy atom. The SMILES string of the molecule is C=C1NCc2cccc(Nc3nc(Nc4cc5c(cc4CC)CN(CCC(F)(F)F)CC5)ncc3Cl)c21. The standard InChI is InChI=1S/C27H28ClF3N6/c1-3-17-11-20-15-37(10-8-27(29,30)31)9-7-18(20)12-23(17)35-26-33-14-21(28)25(36-26)34-22-6-4-5-19-13-32-16(2)24(19)22/h4-6,11-12,14,32H,2-3,7-10,13,15H2,1H3,(H2,33,34,35,36). The van der Waals surface area contributed by atoms with E-state index in [2.05, 4.69) is 50.7 Å². The molecule has 10 heteroatoms. The van der Waals surface area contributed by atoms with Crippen molar-refractivity contribution in [3.63, 3.8) is 0 Å². The Bertz CT molecular complexity index is 1340. The van der Waals surface area contributed by atoms with E-state index in [9.17, 15) is 13.2 Å². The zero-order valence-corrected chi connectivity index (χ0v) is 21.2. The highest BCUT2D eigenvalue weighted by atomic mass is 35.5. The van der Waals surface area contributed by atoms with Crippen molar-refractivity contribution in [3.8, 4) is 0 Å². The summed E-state index contributed by atoms with van der Waals surface area (Å²) in [7, 11) is 0. The van der Waals surface area contributed by atoms with Gasteiger partial charge in [0.15, 0.2) is 5.82 Å². The van der Waals surface area contributed by atoms with Crippen LogP contribution >= 0.6 is 11.6 Å². The summed E-state index contributed by atoms with van der Waals surface area (Å²) in [6.07, 6.45) is -1.93. The molecular formula is C27H28ClF3N6. The number of aryl methyl sites for hydroxylation is 1. The van der Waals surface area contributed by atoms with Gasteiger partial charge in [0.1, 0.15) is 5.02 Å². The Morgan fingerprint density at radius 2 is 1.97 bits per heavy atom. The number of anilines is 4. The van der Waals surface area contributed by atoms with Crippen LogP contribution in [0.25, 0.3) is 5.70 Å². The average Bonchev–Trinajstić information content (AvgIpc) is 3.25. The maximum atomic E-state index is 12.7. The molecule has 0 saturated heterocycles. The summed E-state index contributed by atoms with van der Waals surface area (Å²) in [4.78, 5) is 10.9. The molecule has 0 amide bonds. The van der Waals surface area contributed by atoms with Gasteiger partial charge in [0, 0.05) is 48.8 Å². The first-order valence-corrected chi connectivity index (χ1v) is 12.6. The van der Waals surface area contributed by atoms with Gasteiger partial charge < -0.3 is 16.0 Å². The number of halogens is 4. The molecule has 3 N–H and O–H groups in total. The molecule has 0 atom stereocenters. The molecule has 6 nitrogen and oxygen atoms in total. The minimum absolute atomic E-state index is 0.0207. The lowest BCUT2D eigenvalue weighted by molar-refractivity contribution is -0.138. The maximum Gasteiger partial charge on any atom is 0.390 e. The van der Waals surface area contributed by atoms with Crippen LogP contribution < -0.4 is 16.0 Å². The van der Waals surface area contributed by atoms with E-state index in [0.717, 1.165) is 57.9 Å². The van der Waals surface area contributed by atoms with Crippen molar-refractivity contribution in [2.24, 2.45) is 0 Å². The van der Waals surface area contributed by atoms with Gasteiger partial charge >= 0.3 is 6.18 Å². The topological polar surface area (TPSA) is 65.1 Å². The number of benzene rings is 2. The highest BCUT2D eigenvalue weighted by Gasteiger charge is 2.29. The van der Waals surface area contributed by atoms with Crippen molar-refractivity contribution in [1.82, 2.24) is 20.2 Å². The minimum atomic E-state index is -4.14. The highest BCUT2D eigenvalue weighted by Crippen LogP contribution is 2.34. The first-order valence-electron chi connectivity index (χ1n) is 12.3. The van der Waals surface area contributed by atoms with E-state index in [4.69, 9.17) is 11.6 Å². The summed E-state index contributed by atoms with van der Waals surface area (Å²) < 4.78 is 38.0. The third-order valence-corrected chi connectivity index (χ3v) is 7.07. The number of rotatable bonds is 7. The average molecular weight is 529 g/mol. The van der Waals surface area contributed by atoms with Crippen LogP contribution in [0.15, 0.2) is 43.1 Å². The van der Waals surface area contributed by atoms with Gasteiger partial charge in [-0.05, 0) is 47.2 Å². The third kappa shape index (κ3) is 5.67. The van der Waals surface area contributed by atoms with Gasteiger partial charge in [0.25, 0.3) is 0 Å². The van der Waals surface area contributed by atoms with Crippen molar-refractivity contribution in [2.75, 3.05) is 23.7 Å². The van der Waals surface area contributed by atoms with Crippen molar-refractivity contribution >= 4 is 40.4 Å². The van der Waals surface area contributed by atoms with Gasteiger partial charge in [-0.25, -0.2) is 4.98 Å². The van der Waals surface area contributed by atoms with Gasteiger partial charge in [-0.15, -0.1) is 0 Å². The second kappa shape index (κ2) is 10.2. The molecule has 3 aromatic rings. The van der Waals surface area contributed by atoms with E-state index in [0.29, 0.717) is 36.3 Å². The molecule has 2 aromatic carbocycles. The fourth-order valence-corrected chi connectivity index (χ4v) is 5.00. The maximum absolute atomic E-state index is 12.7. The fraction of sp³-hybridized carbons (Fsp3) is 0.333. The van der Waals surface area contributed by atoms with Crippen LogP contribution in [0.3, 0.4) is 0 Å². The Hall–Kier alpha value is -3.30. The summed E-state index contributed by atoms with van der Waals surface area (Å²) in [5.74, 6) is 0.872. The minimum Gasteiger partial charge on any atom is -0.381 e. The normalized spacial score (nSPS) is 15.2. The Labute approximate surface area is 219 Å².